The molecule has 1 saturated heterocycles. The monoisotopic (exact) mass is 388 g/mol. The van der Waals surface area contributed by atoms with E-state index in [1.165, 1.54) is 15.4 Å². The Hall–Kier alpha value is -2.42. The first-order valence-electron chi connectivity index (χ1n) is 8.79. The van der Waals surface area contributed by atoms with E-state index < -0.39 is 12.6 Å². The van der Waals surface area contributed by atoms with Crippen LogP contribution in [0.4, 0.5) is 16.4 Å². The molecule has 2 aliphatic rings. The number of aryl methyl sites for hydroxylation is 1. The molecule has 4 rings (SSSR count). The van der Waals surface area contributed by atoms with Crippen LogP contribution in [0.1, 0.15) is 10.4 Å². The molecule has 0 atom stereocenters. The van der Waals surface area contributed by atoms with E-state index in [1.807, 2.05) is 0 Å². The van der Waals surface area contributed by atoms with Gasteiger partial charge in [0.1, 0.15) is 17.4 Å². The molecule has 1 aromatic heterocycles. The number of carboxylic acid groups (broad SMARTS) is 1. The Kier molecular flexibility index (Phi) is 6.10. The summed E-state index contributed by atoms with van der Waals surface area (Å²) in [6.07, 6.45) is 0. The Balaban J connectivity index is 0.000000376. The van der Waals surface area contributed by atoms with Gasteiger partial charge < -0.3 is 25.3 Å². The number of carboxylic acids is 1. The number of benzene rings is 1. The topological polar surface area (TPSA) is 88.4 Å². The number of carbonyl (C=O) groups is 1. The minimum atomic E-state index is -1.19. The minimum absolute atomic E-state index is 0.778. The third kappa shape index (κ3) is 4.65. The fourth-order valence-electron chi connectivity index (χ4n) is 3.01. The predicted octanol–water partition coefficient (Wildman–Crippen LogP) is 2.50. The molecule has 0 spiro atoms. The van der Waals surface area contributed by atoms with Gasteiger partial charge in [0.2, 0.25) is 0 Å². The quantitative estimate of drug-likeness (QED) is 0.696. The molecule has 0 amide bonds. The second-order valence-corrected chi connectivity index (χ2v) is 7.78. The smallest absolute Gasteiger partial charge is 0.329 e. The van der Waals surface area contributed by atoms with Crippen molar-refractivity contribution in [3.05, 3.63) is 40.8 Å². The molecule has 7 nitrogen and oxygen atoms in total. The number of hydrogen-bond donors (Lipinski definition) is 3. The molecule has 0 unspecified atom stereocenters. The van der Waals surface area contributed by atoms with Gasteiger partial charge in [0, 0.05) is 31.1 Å². The van der Waals surface area contributed by atoms with Gasteiger partial charge in [-0.2, -0.15) is 0 Å². The highest BCUT2D eigenvalue weighted by atomic mass is 32.1. The Morgan fingerprint density at radius 2 is 1.93 bits per heavy atom. The van der Waals surface area contributed by atoms with Crippen molar-refractivity contribution in [3.8, 4) is 0 Å². The number of aliphatic hydroxyl groups excluding tert-OH is 1. The largest absolute Gasteiger partial charge is 0.480 e. The van der Waals surface area contributed by atoms with Crippen LogP contribution in [0.25, 0.3) is 0 Å². The van der Waals surface area contributed by atoms with Gasteiger partial charge in [-0.05, 0) is 32.2 Å². The summed E-state index contributed by atoms with van der Waals surface area (Å²) in [5, 5.41) is 19.8. The fraction of sp³-hybridized carbons (Fsp3) is 0.368. The zero-order chi connectivity index (χ0) is 19.4. The summed E-state index contributed by atoms with van der Waals surface area (Å²) in [5.74, 6) is -0.0742. The lowest BCUT2D eigenvalue weighted by molar-refractivity contribution is -0.140. The van der Waals surface area contributed by atoms with Crippen LogP contribution in [-0.2, 0) is 4.79 Å². The second kappa shape index (κ2) is 8.51. The molecule has 144 valence electrons. The van der Waals surface area contributed by atoms with E-state index in [4.69, 9.17) is 20.0 Å². The van der Waals surface area contributed by atoms with Crippen molar-refractivity contribution in [3.63, 3.8) is 0 Å². The first-order valence-corrected chi connectivity index (χ1v) is 9.61. The van der Waals surface area contributed by atoms with Crippen molar-refractivity contribution in [1.29, 1.82) is 0 Å². The average Bonchev–Trinajstić information content (AvgIpc) is 2.95. The lowest BCUT2D eigenvalue weighted by atomic mass is 10.2. The molecule has 1 aromatic carbocycles. The van der Waals surface area contributed by atoms with E-state index in [2.05, 4.69) is 59.4 Å². The van der Waals surface area contributed by atoms with E-state index in [-0.39, 0.29) is 0 Å². The highest BCUT2D eigenvalue weighted by molar-refractivity contribution is 7.16. The number of thiophene rings is 1. The van der Waals surface area contributed by atoms with Gasteiger partial charge in [0.25, 0.3) is 0 Å². The lowest BCUT2D eigenvalue weighted by Gasteiger charge is -2.34. The van der Waals surface area contributed by atoms with Crippen LogP contribution < -0.4 is 5.32 Å². The number of aliphatic hydroxyl groups is 1. The maximum absolute atomic E-state index is 9.12. The molecular weight excluding hydrogens is 364 g/mol. The van der Waals surface area contributed by atoms with Gasteiger partial charge in [-0.1, -0.05) is 12.1 Å². The van der Waals surface area contributed by atoms with Crippen LogP contribution in [0, 0.1) is 6.92 Å². The lowest BCUT2D eigenvalue weighted by Crippen LogP contribution is -2.47. The number of piperazine rings is 1. The summed E-state index contributed by atoms with van der Waals surface area (Å²) >= 11 is 1.81. The number of hydrogen-bond acceptors (Lipinski definition) is 7. The SMILES string of the molecule is Cc1cc2c(s1)Nc1ccccc1N=C2N1CCN(C)CC1.O=C(O)CO. The van der Waals surface area contributed by atoms with E-state index in [0.717, 1.165) is 43.4 Å². The average molecular weight is 388 g/mol. The molecule has 0 bridgehead atoms. The predicted molar refractivity (Wildman–Crippen MR) is 109 cm³/mol. The van der Waals surface area contributed by atoms with E-state index in [0.29, 0.717) is 0 Å². The van der Waals surface area contributed by atoms with Gasteiger partial charge in [0.05, 0.1) is 16.9 Å². The number of aliphatic carboxylic acids is 1. The molecule has 1 fully saturated rings. The molecule has 3 N–H and O–H groups in total. The molecule has 27 heavy (non-hydrogen) atoms. The summed E-state index contributed by atoms with van der Waals surface area (Å²) in [6, 6.07) is 10.6. The van der Waals surface area contributed by atoms with Crippen molar-refractivity contribution in [2.75, 3.05) is 45.2 Å². The number of para-hydroxylation sites is 2. The molecule has 0 saturated carbocycles. The van der Waals surface area contributed by atoms with Crippen LogP contribution in [0.15, 0.2) is 35.3 Å². The summed E-state index contributed by atoms with van der Waals surface area (Å²) in [4.78, 5) is 20.2. The maximum atomic E-state index is 9.12. The number of nitrogens with zero attached hydrogens (tertiary/aromatic N) is 3. The van der Waals surface area contributed by atoms with Gasteiger partial charge in [-0.3, -0.25) is 0 Å². The van der Waals surface area contributed by atoms with Gasteiger partial charge in [-0.25, -0.2) is 9.79 Å². The van der Waals surface area contributed by atoms with Crippen LogP contribution in [0.3, 0.4) is 0 Å². The molecule has 8 heteroatoms. The third-order valence-electron chi connectivity index (χ3n) is 4.41. The van der Waals surface area contributed by atoms with Crippen molar-refractivity contribution < 1.29 is 15.0 Å². The van der Waals surface area contributed by atoms with Crippen molar-refractivity contribution in [2.24, 2.45) is 4.99 Å². The number of anilines is 2. The molecule has 0 radical (unpaired) electrons. The highest BCUT2D eigenvalue weighted by Crippen LogP contribution is 2.39. The van der Waals surface area contributed by atoms with Crippen molar-refractivity contribution in [1.82, 2.24) is 9.80 Å². The number of nitrogens with one attached hydrogen (secondary N) is 1. The number of rotatable bonds is 1. The third-order valence-corrected chi connectivity index (χ3v) is 5.38. The zero-order valence-corrected chi connectivity index (χ0v) is 16.3. The van der Waals surface area contributed by atoms with E-state index in [9.17, 15) is 0 Å². The van der Waals surface area contributed by atoms with Crippen molar-refractivity contribution in [2.45, 2.75) is 6.92 Å². The Labute approximate surface area is 162 Å². The van der Waals surface area contributed by atoms with Crippen LogP contribution >= 0.6 is 11.3 Å². The molecule has 0 aliphatic carbocycles. The fourth-order valence-corrected chi connectivity index (χ4v) is 3.93. The summed E-state index contributed by atoms with van der Waals surface area (Å²) in [6.45, 7) is 5.63. The molecule has 3 heterocycles. The van der Waals surface area contributed by atoms with Crippen molar-refractivity contribution >= 4 is 39.5 Å². The van der Waals surface area contributed by atoms with Crippen LogP contribution in [0.5, 0.6) is 0 Å². The first-order chi connectivity index (χ1) is 13.0. The summed E-state index contributed by atoms with van der Waals surface area (Å²) in [5.41, 5.74) is 3.36. The highest BCUT2D eigenvalue weighted by Gasteiger charge is 2.25. The maximum Gasteiger partial charge on any atom is 0.329 e. The Morgan fingerprint density at radius 3 is 2.59 bits per heavy atom. The number of likely N-dealkylation sites (N-methyl/N-ethyl adjacent to an activating group) is 1. The normalized spacial score (nSPS) is 16.1. The Morgan fingerprint density at radius 1 is 1.26 bits per heavy atom. The van der Waals surface area contributed by atoms with Gasteiger partial charge in [-0.15, -0.1) is 11.3 Å². The van der Waals surface area contributed by atoms with Crippen LogP contribution in [0.2, 0.25) is 0 Å². The van der Waals surface area contributed by atoms with Crippen LogP contribution in [-0.4, -0.2) is 71.7 Å². The summed E-state index contributed by atoms with van der Waals surface area (Å²) < 4.78 is 0. The number of fused-ring (bicyclic) bond motifs is 2. The Bertz CT molecular complexity index is 841. The molecule has 2 aromatic rings. The zero-order valence-electron chi connectivity index (χ0n) is 15.5. The van der Waals surface area contributed by atoms with E-state index >= 15 is 0 Å². The first kappa shape index (κ1) is 19.3. The summed E-state index contributed by atoms with van der Waals surface area (Å²) in [7, 11) is 2.18. The second-order valence-electron chi connectivity index (χ2n) is 6.52. The van der Waals surface area contributed by atoms with Gasteiger partial charge >= 0.3 is 5.97 Å². The van der Waals surface area contributed by atoms with E-state index in [1.54, 1.807) is 11.3 Å². The minimum Gasteiger partial charge on any atom is -0.480 e. The number of aliphatic imine (C=N–C) groups is 1. The number of amidine groups is 1. The molecule has 2 aliphatic heterocycles. The van der Waals surface area contributed by atoms with Gasteiger partial charge in [0.15, 0.2) is 0 Å². The standard InChI is InChI=1S/C17H20N4S.C2H4O3/c1-12-11-13-16(21-9-7-20(2)8-10-21)18-14-5-3-4-6-15(14)19-17(13)22-12;3-1-2(4)5/h3-6,11,19H,7-10H2,1-2H3;3H,1H2,(H,4,5). The molecular formula is C19H24N4O3S.